The number of rotatable bonds is 2. The van der Waals surface area contributed by atoms with Crippen LogP contribution in [0.2, 0.25) is 0 Å². The number of carboxylic acid groups (broad SMARTS) is 1. The molecule has 0 aromatic carbocycles. The van der Waals surface area contributed by atoms with E-state index in [1.165, 1.54) is 12.4 Å². The van der Waals surface area contributed by atoms with Crippen LogP contribution in [0.1, 0.15) is 35.9 Å². The molecule has 0 radical (unpaired) electrons. The molecule has 4 heterocycles. The van der Waals surface area contributed by atoms with Gasteiger partial charge in [0.1, 0.15) is 0 Å². The van der Waals surface area contributed by atoms with E-state index < -0.39 is 5.97 Å². The average Bonchev–Trinajstić information content (AvgIpc) is 2.97. The maximum Gasteiger partial charge on any atom is 0.356 e. The van der Waals surface area contributed by atoms with E-state index in [2.05, 4.69) is 16.9 Å². The summed E-state index contributed by atoms with van der Waals surface area (Å²) in [6.45, 7) is 2.82. The fourth-order valence-electron chi connectivity index (χ4n) is 3.42. The zero-order valence-electron chi connectivity index (χ0n) is 10.5. The summed E-state index contributed by atoms with van der Waals surface area (Å²) in [6, 6.07) is 0. The Balaban J connectivity index is 1.79. The van der Waals surface area contributed by atoms with Gasteiger partial charge in [0, 0.05) is 17.8 Å². The Kier molecular flexibility index (Phi) is 1.80. The highest BCUT2D eigenvalue weighted by atomic mass is 16.5. The Bertz CT molecular complexity index is 700. The predicted octanol–water partition coefficient (Wildman–Crippen LogP) is 1.25. The molecule has 2 aliphatic heterocycles. The van der Waals surface area contributed by atoms with Crippen LogP contribution in [-0.4, -0.2) is 37.7 Å². The number of carboxylic acids is 1. The molecule has 3 aliphatic rings. The van der Waals surface area contributed by atoms with Gasteiger partial charge >= 0.3 is 5.97 Å². The minimum absolute atomic E-state index is 0.0142. The molecule has 1 aliphatic carbocycles. The quantitative estimate of drug-likeness (QED) is 0.878. The molecule has 0 unspecified atom stereocenters. The van der Waals surface area contributed by atoms with Crippen LogP contribution in [0.3, 0.4) is 0 Å². The summed E-state index contributed by atoms with van der Waals surface area (Å²) < 4.78 is 7.50. The second-order valence-corrected chi connectivity index (χ2v) is 5.84. The van der Waals surface area contributed by atoms with Crippen molar-refractivity contribution < 1.29 is 14.6 Å². The molecule has 19 heavy (non-hydrogen) atoms. The number of nitrogens with zero attached hydrogens (tertiary/aromatic N) is 3. The third kappa shape index (κ3) is 1.37. The largest absolute Gasteiger partial charge is 0.476 e. The summed E-state index contributed by atoms with van der Waals surface area (Å²) in [5.74, 6) is -1.03. The van der Waals surface area contributed by atoms with Crippen LogP contribution in [-0.2, 0) is 10.2 Å². The van der Waals surface area contributed by atoms with Gasteiger partial charge in [-0.1, -0.05) is 0 Å². The highest BCUT2D eigenvalue weighted by Crippen LogP contribution is 2.58. The van der Waals surface area contributed by atoms with Gasteiger partial charge in [-0.15, -0.1) is 0 Å². The van der Waals surface area contributed by atoms with Gasteiger partial charge in [0.25, 0.3) is 0 Å². The molecule has 2 aromatic rings. The molecule has 1 N–H and O–H groups in total. The Hall–Kier alpha value is -1.95. The second-order valence-electron chi connectivity index (χ2n) is 5.84. The van der Waals surface area contributed by atoms with Gasteiger partial charge in [-0.3, -0.25) is 0 Å². The van der Waals surface area contributed by atoms with Crippen molar-refractivity contribution in [3.8, 4) is 0 Å². The topological polar surface area (TPSA) is 76.7 Å². The first-order valence-electron chi connectivity index (χ1n) is 6.22. The summed E-state index contributed by atoms with van der Waals surface area (Å²) in [5, 5.41) is 8.94. The Morgan fingerprint density at radius 1 is 1.47 bits per heavy atom. The number of aromatic nitrogens is 3. The van der Waals surface area contributed by atoms with E-state index in [1.807, 2.05) is 6.20 Å². The average molecular weight is 259 g/mol. The lowest BCUT2D eigenvalue weighted by molar-refractivity contribution is 0.0154. The van der Waals surface area contributed by atoms with Crippen molar-refractivity contribution in [1.29, 1.82) is 0 Å². The minimum Gasteiger partial charge on any atom is -0.476 e. The van der Waals surface area contributed by atoms with Crippen molar-refractivity contribution in [2.45, 2.75) is 30.8 Å². The number of ether oxygens (including phenoxy) is 1. The maximum atomic E-state index is 10.9. The summed E-state index contributed by atoms with van der Waals surface area (Å²) in [7, 11) is 0. The van der Waals surface area contributed by atoms with Crippen molar-refractivity contribution >= 4 is 11.6 Å². The van der Waals surface area contributed by atoms with Crippen molar-refractivity contribution in [2.24, 2.45) is 0 Å². The smallest absolute Gasteiger partial charge is 0.356 e. The highest BCUT2D eigenvalue weighted by Gasteiger charge is 2.61. The lowest BCUT2D eigenvalue weighted by atomic mass is 9.62. The lowest BCUT2D eigenvalue weighted by Crippen LogP contribution is -2.45. The van der Waals surface area contributed by atoms with Crippen LogP contribution in [0.25, 0.3) is 5.65 Å². The molecule has 0 atom stereocenters. The van der Waals surface area contributed by atoms with Crippen LogP contribution in [0, 0.1) is 0 Å². The second kappa shape index (κ2) is 3.14. The molecule has 2 saturated heterocycles. The van der Waals surface area contributed by atoms with Gasteiger partial charge < -0.3 is 14.2 Å². The van der Waals surface area contributed by atoms with Gasteiger partial charge in [0.05, 0.1) is 24.1 Å². The fraction of sp³-hybridized carbons (Fsp3) is 0.462. The summed E-state index contributed by atoms with van der Waals surface area (Å²) >= 11 is 0. The maximum absolute atomic E-state index is 10.9. The van der Waals surface area contributed by atoms with Crippen molar-refractivity contribution in [2.75, 3.05) is 6.61 Å². The Morgan fingerprint density at radius 2 is 2.26 bits per heavy atom. The van der Waals surface area contributed by atoms with Crippen LogP contribution in [0.15, 0.2) is 18.6 Å². The number of aromatic carboxylic acids is 1. The summed E-state index contributed by atoms with van der Waals surface area (Å²) in [6.07, 6.45) is 6.87. The van der Waals surface area contributed by atoms with Gasteiger partial charge in [-0.2, -0.15) is 0 Å². The van der Waals surface area contributed by atoms with E-state index >= 15 is 0 Å². The SMILES string of the molecule is CC12CC(c3cn4cc(C(=O)O)ncc4n3)(CO1)C2. The zero-order valence-corrected chi connectivity index (χ0v) is 10.5. The highest BCUT2D eigenvalue weighted by molar-refractivity contribution is 5.85. The van der Waals surface area contributed by atoms with E-state index in [0.29, 0.717) is 12.3 Å². The van der Waals surface area contributed by atoms with Crippen LogP contribution < -0.4 is 0 Å². The molecular weight excluding hydrogens is 246 g/mol. The molecule has 3 fully saturated rings. The first-order chi connectivity index (χ1) is 9.00. The third-order valence-corrected chi connectivity index (χ3v) is 4.23. The van der Waals surface area contributed by atoms with E-state index in [1.54, 1.807) is 4.40 Å². The molecule has 0 spiro atoms. The zero-order chi connectivity index (χ0) is 13.3. The van der Waals surface area contributed by atoms with Crippen LogP contribution in [0.4, 0.5) is 0 Å². The van der Waals surface area contributed by atoms with Crippen molar-refractivity contribution in [1.82, 2.24) is 14.4 Å². The minimum atomic E-state index is -1.03. The first kappa shape index (κ1) is 10.9. The lowest BCUT2D eigenvalue weighted by Gasteiger charge is -2.41. The standard InChI is InChI=1S/C13H13N3O3/c1-12-5-13(6-12,7-19-12)9-4-16-3-8(11(17)18)14-2-10(16)15-9/h2-4H,5-7H2,1H3,(H,17,18). The van der Waals surface area contributed by atoms with Crippen molar-refractivity contribution in [3.63, 3.8) is 0 Å². The van der Waals surface area contributed by atoms with E-state index in [9.17, 15) is 4.79 Å². The number of hydrogen-bond acceptors (Lipinski definition) is 4. The van der Waals surface area contributed by atoms with Crippen molar-refractivity contribution in [3.05, 3.63) is 30.0 Å². The third-order valence-electron chi connectivity index (χ3n) is 4.23. The molecule has 2 bridgehead atoms. The van der Waals surface area contributed by atoms with E-state index in [4.69, 9.17) is 9.84 Å². The molecule has 5 rings (SSSR count). The Labute approximate surface area is 109 Å². The molecule has 2 aromatic heterocycles. The molecule has 0 amide bonds. The van der Waals surface area contributed by atoms with Crippen LogP contribution >= 0.6 is 0 Å². The summed E-state index contributed by atoms with van der Waals surface area (Å²) in [4.78, 5) is 19.3. The van der Waals surface area contributed by atoms with Gasteiger partial charge in [-0.05, 0) is 19.8 Å². The van der Waals surface area contributed by atoms with E-state index in [0.717, 1.165) is 18.5 Å². The number of imidazole rings is 1. The van der Waals surface area contributed by atoms with Gasteiger partial charge in [0.15, 0.2) is 11.3 Å². The van der Waals surface area contributed by atoms with Crippen LogP contribution in [0.5, 0.6) is 0 Å². The molecular formula is C13H13N3O3. The monoisotopic (exact) mass is 259 g/mol. The van der Waals surface area contributed by atoms with Gasteiger partial charge in [0.2, 0.25) is 0 Å². The fourth-order valence-corrected chi connectivity index (χ4v) is 3.42. The van der Waals surface area contributed by atoms with Gasteiger partial charge in [-0.25, -0.2) is 14.8 Å². The first-order valence-corrected chi connectivity index (χ1v) is 6.22. The molecule has 1 saturated carbocycles. The normalized spacial score (nSPS) is 32.5. The summed E-state index contributed by atoms with van der Waals surface area (Å²) in [5.41, 5.74) is 1.71. The van der Waals surface area contributed by atoms with E-state index in [-0.39, 0.29) is 16.7 Å². The number of carbonyl (C=O) groups is 1. The molecule has 6 heteroatoms. The number of hydrogen-bond donors (Lipinski definition) is 1. The Morgan fingerprint density at radius 3 is 2.89 bits per heavy atom. The molecule has 98 valence electrons. The predicted molar refractivity (Wildman–Crippen MR) is 65.2 cm³/mol. The number of fused-ring (bicyclic) bond motifs is 2. The molecule has 6 nitrogen and oxygen atoms in total.